The molecule has 2 aromatic rings. The van der Waals surface area contributed by atoms with Crippen LogP contribution in [-0.4, -0.2) is 17.7 Å². The van der Waals surface area contributed by atoms with Crippen molar-refractivity contribution in [1.82, 2.24) is 5.32 Å². The molecule has 3 N–H and O–H groups in total. The van der Waals surface area contributed by atoms with Gasteiger partial charge in [0.25, 0.3) is 0 Å². The number of carbonyl (C=O) groups excluding carboxylic acids is 1. The summed E-state index contributed by atoms with van der Waals surface area (Å²) in [5.41, 5.74) is -0.512. The van der Waals surface area contributed by atoms with Gasteiger partial charge in [-0.2, -0.15) is 0 Å². The first-order chi connectivity index (χ1) is 10.1. The number of furan rings is 1. The van der Waals surface area contributed by atoms with Gasteiger partial charge in [-0.3, -0.25) is 0 Å². The van der Waals surface area contributed by atoms with E-state index in [2.05, 4.69) is 10.6 Å². The van der Waals surface area contributed by atoms with Gasteiger partial charge in [0, 0.05) is 6.54 Å². The summed E-state index contributed by atoms with van der Waals surface area (Å²) in [5, 5.41) is 14.2. The van der Waals surface area contributed by atoms with Gasteiger partial charge >= 0.3 is 6.03 Å². The molecular formula is C14H14F2N2O3. The smallest absolute Gasteiger partial charge is 0.319 e. The first-order valence-corrected chi connectivity index (χ1v) is 6.28. The van der Waals surface area contributed by atoms with Gasteiger partial charge in [-0.25, -0.2) is 13.6 Å². The molecule has 0 fully saturated rings. The topological polar surface area (TPSA) is 74.5 Å². The Morgan fingerprint density at radius 2 is 1.95 bits per heavy atom. The van der Waals surface area contributed by atoms with Crippen LogP contribution < -0.4 is 10.6 Å². The second-order valence-corrected chi connectivity index (χ2v) is 4.30. The van der Waals surface area contributed by atoms with Crippen LogP contribution in [0.1, 0.15) is 18.3 Å². The first-order valence-electron chi connectivity index (χ1n) is 6.28. The summed E-state index contributed by atoms with van der Waals surface area (Å²) in [6.07, 6.45) is 0.783. The number of rotatable bonds is 5. The van der Waals surface area contributed by atoms with Gasteiger partial charge in [-0.05, 0) is 30.7 Å². The fourth-order valence-corrected chi connectivity index (χ4v) is 1.72. The fraction of sp³-hybridized carbons (Fsp3) is 0.214. The van der Waals surface area contributed by atoms with Gasteiger partial charge in [-0.1, -0.05) is 6.07 Å². The number of amides is 2. The van der Waals surface area contributed by atoms with Crippen molar-refractivity contribution in [1.29, 1.82) is 0 Å². The van der Waals surface area contributed by atoms with E-state index < -0.39 is 29.5 Å². The van der Waals surface area contributed by atoms with Crippen LogP contribution in [0.25, 0.3) is 0 Å². The maximum atomic E-state index is 13.3. The summed E-state index contributed by atoms with van der Waals surface area (Å²) < 4.78 is 31.6. The Labute approximate surface area is 119 Å². The zero-order valence-corrected chi connectivity index (χ0v) is 11.0. The summed E-state index contributed by atoms with van der Waals surface area (Å²) in [6, 6.07) is 5.77. The van der Waals surface area contributed by atoms with E-state index in [0.29, 0.717) is 5.76 Å². The highest BCUT2D eigenvalue weighted by Gasteiger charge is 2.13. The van der Waals surface area contributed by atoms with Crippen LogP contribution in [0, 0.1) is 11.6 Å². The molecular weight excluding hydrogens is 282 g/mol. The molecule has 0 aliphatic heterocycles. The lowest BCUT2D eigenvalue weighted by Gasteiger charge is -2.11. The standard InChI is InChI=1S/C14H14F2N2O3/c15-9-3-1-4-10(16)13(9)18-14(20)17-7-6-11(19)12-5-2-8-21-12/h1-5,8,11,19H,6-7H2,(H2,17,18,20). The Bertz CT molecular complexity index is 582. The minimum atomic E-state index is -0.860. The number of hydrogen-bond donors (Lipinski definition) is 3. The maximum absolute atomic E-state index is 13.3. The van der Waals surface area contributed by atoms with Crippen molar-refractivity contribution < 1.29 is 23.1 Å². The molecule has 1 unspecified atom stereocenters. The van der Waals surface area contributed by atoms with Crippen LogP contribution in [0.4, 0.5) is 19.3 Å². The van der Waals surface area contributed by atoms with E-state index >= 15 is 0 Å². The minimum Gasteiger partial charge on any atom is -0.467 e. The number of halogens is 2. The molecule has 7 heteroatoms. The van der Waals surface area contributed by atoms with Gasteiger partial charge in [0.1, 0.15) is 29.2 Å². The molecule has 0 spiro atoms. The molecule has 1 aromatic heterocycles. The van der Waals surface area contributed by atoms with E-state index in [9.17, 15) is 18.7 Å². The predicted molar refractivity (Wildman–Crippen MR) is 71.7 cm³/mol. The lowest BCUT2D eigenvalue weighted by atomic mass is 10.2. The van der Waals surface area contributed by atoms with Gasteiger partial charge < -0.3 is 20.2 Å². The van der Waals surface area contributed by atoms with E-state index in [-0.39, 0.29) is 13.0 Å². The highest BCUT2D eigenvalue weighted by atomic mass is 19.1. The average molecular weight is 296 g/mol. The molecule has 0 bridgehead atoms. The Hall–Kier alpha value is -2.41. The number of urea groups is 1. The third-order valence-electron chi connectivity index (χ3n) is 2.78. The van der Waals surface area contributed by atoms with Crippen LogP contribution in [0.5, 0.6) is 0 Å². The number of benzene rings is 1. The molecule has 0 saturated heterocycles. The Morgan fingerprint density at radius 1 is 1.24 bits per heavy atom. The normalized spacial score (nSPS) is 12.0. The summed E-state index contributed by atoms with van der Waals surface area (Å²) in [4.78, 5) is 11.5. The van der Waals surface area contributed by atoms with Crippen molar-refractivity contribution in [2.45, 2.75) is 12.5 Å². The van der Waals surface area contributed by atoms with Gasteiger partial charge in [0.05, 0.1) is 6.26 Å². The largest absolute Gasteiger partial charge is 0.467 e. The highest BCUT2D eigenvalue weighted by molar-refractivity contribution is 5.89. The van der Waals surface area contributed by atoms with E-state index in [0.717, 1.165) is 12.1 Å². The zero-order chi connectivity index (χ0) is 15.2. The van der Waals surface area contributed by atoms with Gasteiger partial charge in [0.15, 0.2) is 0 Å². The molecule has 0 aliphatic rings. The average Bonchev–Trinajstić information content (AvgIpc) is 2.97. The second kappa shape index (κ2) is 6.85. The summed E-state index contributed by atoms with van der Waals surface area (Å²) >= 11 is 0. The third-order valence-corrected chi connectivity index (χ3v) is 2.78. The van der Waals surface area contributed by atoms with Gasteiger partial charge in [0.2, 0.25) is 0 Å². The molecule has 1 aromatic carbocycles. The highest BCUT2D eigenvalue weighted by Crippen LogP contribution is 2.18. The first kappa shape index (κ1) is 15.0. The maximum Gasteiger partial charge on any atom is 0.319 e. The lowest BCUT2D eigenvalue weighted by molar-refractivity contribution is 0.140. The second-order valence-electron chi connectivity index (χ2n) is 4.30. The number of nitrogens with one attached hydrogen (secondary N) is 2. The van der Waals surface area contributed by atoms with Crippen LogP contribution in [0.15, 0.2) is 41.0 Å². The molecule has 1 heterocycles. The molecule has 21 heavy (non-hydrogen) atoms. The molecule has 112 valence electrons. The number of carbonyl (C=O) groups is 1. The van der Waals surface area contributed by atoms with Crippen molar-refractivity contribution >= 4 is 11.7 Å². The summed E-state index contributed by atoms with van der Waals surface area (Å²) in [5.74, 6) is -1.33. The Kier molecular flexibility index (Phi) is 4.89. The molecule has 2 rings (SSSR count). The van der Waals surface area contributed by atoms with E-state index in [1.807, 2.05) is 0 Å². The SMILES string of the molecule is O=C(NCCC(O)c1ccco1)Nc1c(F)cccc1F. The molecule has 0 radical (unpaired) electrons. The lowest BCUT2D eigenvalue weighted by Crippen LogP contribution is -2.31. The van der Waals surface area contributed by atoms with Crippen LogP contribution >= 0.6 is 0 Å². The Morgan fingerprint density at radius 3 is 2.57 bits per heavy atom. The molecule has 0 saturated carbocycles. The molecule has 2 amide bonds. The number of para-hydroxylation sites is 1. The van der Waals surface area contributed by atoms with Crippen molar-refractivity contribution in [2.75, 3.05) is 11.9 Å². The molecule has 0 aliphatic carbocycles. The third kappa shape index (κ3) is 4.03. The van der Waals surface area contributed by atoms with Crippen LogP contribution in [0.3, 0.4) is 0 Å². The van der Waals surface area contributed by atoms with Crippen LogP contribution in [-0.2, 0) is 0 Å². The van der Waals surface area contributed by atoms with Crippen LogP contribution in [0.2, 0.25) is 0 Å². The minimum absolute atomic E-state index is 0.115. The number of hydrogen-bond acceptors (Lipinski definition) is 3. The quantitative estimate of drug-likeness (QED) is 0.794. The van der Waals surface area contributed by atoms with Gasteiger partial charge in [-0.15, -0.1) is 0 Å². The van der Waals surface area contributed by atoms with E-state index in [1.54, 1.807) is 12.1 Å². The predicted octanol–water partition coefficient (Wildman–Crippen LogP) is 2.80. The van der Waals surface area contributed by atoms with Crippen molar-refractivity contribution in [3.8, 4) is 0 Å². The number of aliphatic hydroxyl groups is 1. The Balaban J connectivity index is 1.80. The molecule has 1 atom stereocenters. The van der Waals surface area contributed by atoms with Crippen molar-refractivity contribution in [3.63, 3.8) is 0 Å². The number of aliphatic hydroxyl groups excluding tert-OH is 1. The van der Waals surface area contributed by atoms with E-state index in [4.69, 9.17) is 4.42 Å². The van der Waals surface area contributed by atoms with Crippen molar-refractivity contribution in [3.05, 3.63) is 54.0 Å². The van der Waals surface area contributed by atoms with Crippen molar-refractivity contribution in [2.24, 2.45) is 0 Å². The molecule has 5 nitrogen and oxygen atoms in total. The fourth-order valence-electron chi connectivity index (χ4n) is 1.72. The monoisotopic (exact) mass is 296 g/mol. The zero-order valence-electron chi connectivity index (χ0n) is 11.0. The summed E-state index contributed by atoms with van der Waals surface area (Å²) in [6.45, 7) is 0.115. The summed E-state index contributed by atoms with van der Waals surface area (Å²) in [7, 11) is 0. The van der Waals surface area contributed by atoms with E-state index in [1.165, 1.54) is 12.3 Å². The number of anilines is 1.